The van der Waals surface area contributed by atoms with Gasteiger partial charge in [-0.15, -0.1) is 0 Å². The average Bonchev–Trinajstić information content (AvgIpc) is 3.21. The highest BCUT2D eigenvalue weighted by molar-refractivity contribution is 5.87. The number of carbonyl (C=O) groups excluding carboxylic acids is 2. The fraction of sp³-hybridized carbons (Fsp3) is 0.800. The van der Waals surface area contributed by atoms with Crippen molar-refractivity contribution in [2.75, 3.05) is 19.6 Å². The lowest BCUT2D eigenvalue weighted by atomic mass is 9.95. The summed E-state index contributed by atoms with van der Waals surface area (Å²) < 4.78 is 26.5. The van der Waals surface area contributed by atoms with Crippen molar-refractivity contribution in [3.05, 3.63) is 0 Å². The van der Waals surface area contributed by atoms with Crippen LogP contribution in [0.4, 0.5) is 13.6 Å². The van der Waals surface area contributed by atoms with E-state index in [2.05, 4.69) is 10.6 Å². The fourth-order valence-electron chi connectivity index (χ4n) is 3.02. The van der Waals surface area contributed by atoms with Crippen molar-refractivity contribution in [2.45, 2.75) is 51.0 Å². The topological polar surface area (TPSA) is 85.2 Å². The van der Waals surface area contributed by atoms with Crippen LogP contribution in [-0.4, -0.2) is 48.4 Å². The zero-order valence-electron chi connectivity index (χ0n) is 13.2. The third-order valence-corrected chi connectivity index (χ3v) is 4.42. The zero-order chi connectivity index (χ0) is 17.1. The molecule has 6 nitrogen and oxygen atoms in total. The maximum absolute atomic E-state index is 13.3. The Morgan fingerprint density at radius 2 is 2.09 bits per heavy atom. The van der Waals surface area contributed by atoms with Gasteiger partial charge in [0.25, 0.3) is 0 Å². The predicted octanol–water partition coefficient (Wildman–Crippen LogP) is 1.63. The van der Waals surface area contributed by atoms with Crippen molar-refractivity contribution in [1.29, 1.82) is 5.26 Å². The number of carbonyl (C=O) groups is 2. The number of hydrogen-bond acceptors (Lipinski definition) is 3. The van der Waals surface area contributed by atoms with Gasteiger partial charge < -0.3 is 15.5 Å². The van der Waals surface area contributed by atoms with Crippen LogP contribution in [0.2, 0.25) is 0 Å². The van der Waals surface area contributed by atoms with Gasteiger partial charge in [-0.25, -0.2) is 13.6 Å². The normalized spacial score (nSPS) is 20.5. The molecule has 2 N–H and O–H groups in total. The van der Waals surface area contributed by atoms with E-state index in [1.807, 2.05) is 0 Å². The van der Waals surface area contributed by atoms with Crippen molar-refractivity contribution in [1.82, 2.24) is 15.5 Å². The van der Waals surface area contributed by atoms with Crippen LogP contribution in [0.5, 0.6) is 0 Å². The van der Waals surface area contributed by atoms with Crippen molar-refractivity contribution in [2.24, 2.45) is 5.41 Å². The van der Waals surface area contributed by atoms with Crippen LogP contribution < -0.4 is 10.6 Å². The molecule has 0 radical (unpaired) electrons. The first-order valence-electron chi connectivity index (χ1n) is 7.83. The van der Waals surface area contributed by atoms with E-state index < -0.39 is 30.3 Å². The second-order valence-corrected chi connectivity index (χ2v) is 6.68. The Hall–Kier alpha value is -1.91. The second kappa shape index (κ2) is 6.69. The number of alkyl halides is 2. The first-order chi connectivity index (χ1) is 10.7. The lowest BCUT2D eigenvalue weighted by Crippen LogP contribution is -2.54. The second-order valence-electron chi connectivity index (χ2n) is 6.68. The molecule has 8 heteroatoms. The third-order valence-electron chi connectivity index (χ3n) is 4.42. The number of hydrogen-bond donors (Lipinski definition) is 2. The quantitative estimate of drug-likeness (QED) is 0.752. The van der Waals surface area contributed by atoms with Crippen LogP contribution in [0.1, 0.15) is 39.0 Å². The number of amides is 3. The van der Waals surface area contributed by atoms with Gasteiger partial charge in [-0.1, -0.05) is 0 Å². The number of nitrogens with one attached hydrogen (secondary N) is 2. The monoisotopic (exact) mass is 328 g/mol. The van der Waals surface area contributed by atoms with Crippen LogP contribution in [0.15, 0.2) is 0 Å². The number of urea groups is 1. The lowest BCUT2D eigenvalue weighted by molar-refractivity contribution is -0.125. The summed E-state index contributed by atoms with van der Waals surface area (Å²) >= 11 is 0. The Balaban J connectivity index is 1.96. The van der Waals surface area contributed by atoms with Crippen LogP contribution in [0.25, 0.3) is 0 Å². The summed E-state index contributed by atoms with van der Waals surface area (Å²) in [5.41, 5.74) is 0.211. The standard InChI is InChI=1S/C15H22F2N4O2/c1-14(16,17)9-11(12(22)19-7-6-18)20-13(23)21-8-2-3-15(10-21)4-5-15/h11H,2-5,7-10H2,1H3,(H,19,22)(H,20,23). The molecule has 1 aliphatic heterocycles. The summed E-state index contributed by atoms with van der Waals surface area (Å²) in [6, 6.07) is -0.133. The Morgan fingerprint density at radius 1 is 1.39 bits per heavy atom. The number of halogens is 2. The van der Waals surface area contributed by atoms with E-state index in [9.17, 15) is 18.4 Å². The molecule has 1 aliphatic carbocycles. The van der Waals surface area contributed by atoms with Crippen molar-refractivity contribution >= 4 is 11.9 Å². The largest absolute Gasteiger partial charge is 0.341 e. The molecule has 0 aromatic carbocycles. The molecule has 0 bridgehead atoms. The van der Waals surface area contributed by atoms with E-state index >= 15 is 0 Å². The molecule has 23 heavy (non-hydrogen) atoms. The van der Waals surface area contributed by atoms with Gasteiger partial charge in [-0.3, -0.25) is 4.79 Å². The van der Waals surface area contributed by atoms with E-state index in [0.717, 1.165) is 25.7 Å². The van der Waals surface area contributed by atoms with Gasteiger partial charge in [0.05, 0.1) is 6.07 Å². The van der Waals surface area contributed by atoms with E-state index in [0.29, 0.717) is 20.0 Å². The Kier molecular flexibility index (Phi) is 5.07. The number of piperidine rings is 1. The Bertz CT molecular complexity index is 509. The molecular weight excluding hydrogens is 306 g/mol. The SMILES string of the molecule is CC(F)(F)CC(NC(=O)N1CCCC2(CC2)C1)C(=O)NCC#N. The van der Waals surface area contributed by atoms with E-state index in [1.165, 1.54) is 0 Å². The molecule has 0 aromatic heterocycles. The van der Waals surface area contributed by atoms with Crippen molar-refractivity contribution in [3.63, 3.8) is 0 Å². The summed E-state index contributed by atoms with van der Waals surface area (Å²) in [6.45, 7) is 1.60. The molecule has 1 unspecified atom stereocenters. The molecular formula is C15H22F2N4O2. The summed E-state index contributed by atoms with van der Waals surface area (Å²) in [6.07, 6.45) is 3.37. The van der Waals surface area contributed by atoms with E-state index in [4.69, 9.17) is 5.26 Å². The zero-order valence-corrected chi connectivity index (χ0v) is 13.2. The maximum atomic E-state index is 13.3. The minimum absolute atomic E-state index is 0.211. The molecule has 1 saturated carbocycles. The Labute approximate surface area is 134 Å². The number of likely N-dealkylation sites (tertiary alicyclic amines) is 1. The van der Waals surface area contributed by atoms with Crippen LogP contribution in [-0.2, 0) is 4.79 Å². The molecule has 1 spiro atoms. The van der Waals surface area contributed by atoms with Crippen LogP contribution >= 0.6 is 0 Å². The maximum Gasteiger partial charge on any atom is 0.318 e. The first kappa shape index (κ1) is 17.4. The molecule has 128 valence electrons. The molecule has 1 heterocycles. The summed E-state index contributed by atoms with van der Waals surface area (Å²) in [5, 5.41) is 13.1. The highest BCUT2D eigenvalue weighted by Crippen LogP contribution is 2.51. The van der Waals surface area contributed by atoms with Crippen molar-refractivity contribution < 1.29 is 18.4 Å². The average molecular weight is 328 g/mol. The van der Waals surface area contributed by atoms with Gasteiger partial charge in [0.15, 0.2) is 0 Å². The fourth-order valence-corrected chi connectivity index (χ4v) is 3.02. The third kappa shape index (κ3) is 5.05. The van der Waals surface area contributed by atoms with Gasteiger partial charge in [0.2, 0.25) is 11.8 Å². The summed E-state index contributed by atoms with van der Waals surface area (Å²) in [4.78, 5) is 25.8. The van der Waals surface area contributed by atoms with E-state index in [-0.39, 0.29) is 12.0 Å². The highest BCUT2D eigenvalue weighted by Gasteiger charge is 2.46. The highest BCUT2D eigenvalue weighted by atomic mass is 19.3. The molecule has 2 rings (SSSR count). The molecule has 1 saturated heterocycles. The first-order valence-corrected chi connectivity index (χ1v) is 7.83. The van der Waals surface area contributed by atoms with Crippen LogP contribution in [0, 0.1) is 16.7 Å². The molecule has 1 atom stereocenters. The van der Waals surface area contributed by atoms with Crippen molar-refractivity contribution in [3.8, 4) is 6.07 Å². The number of rotatable bonds is 5. The molecule has 2 aliphatic rings. The number of nitriles is 1. The summed E-state index contributed by atoms with van der Waals surface area (Å²) in [7, 11) is 0. The van der Waals surface area contributed by atoms with Gasteiger partial charge in [0.1, 0.15) is 12.6 Å². The Morgan fingerprint density at radius 3 is 2.65 bits per heavy atom. The van der Waals surface area contributed by atoms with E-state index in [1.54, 1.807) is 11.0 Å². The minimum Gasteiger partial charge on any atom is -0.341 e. The number of nitrogens with zero attached hydrogens (tertiary/aromatic N) is 2. The lowest BCUT2D eigenvalue weighted by Gasteiger charge is -2.34. The molecule has 2 fully saturated rings. The van der Waals surface area contributed by atoms with Gasteiger partial charge in [0, 0.05) is 19.5 Å². The van der Waals surface area contributed by atoms with Gasteiger partial charge in [-0.2, -0.15) is 5.26 Å². The smallest absolute Gasteiger partial charge is 0.318 e. The predicted molar refractivity (Wildman–Crippen MR) is 78.7 cm³/mol. The van der Waals surface area contributed by atoms with Gasteiger partial charge in [-0.05, 0) is 38.0 Å². The summed E-state index contributed by atoms with van der Waals surface area (Å²) in [5.74, 6) is -3.86. The molecule has 3 amide bonds. The van der Waals surface area contributed by atoms with Gasteiger partial charge >= 0.3 is 6.03 Å². The van der Waals surface area contributed by atoms with Crippen LogP contribution in [0.3, 0.4) is 0 Å². The minimum atomic E-state index is -3.10. The molecule has 0 aromatic rings.